The fraction of sp³-hybridized carbons (Fsp3) is 0.625. The predicted molar refractivity (Wildman–Crippen MR) is 109 cm³/mol. The van der Waals surface area contributed by atoms with Gasteiger partial charge in [0, 0.05) is 35.9 Å². The summed E-state index contributed by atoms with van der Waals surface area (Å²) in [7, 11) is -14.9. The van der Waals surface area contributed by atoms with Crippen molar-refractivity contribution in [2.45, 2.75) is 39.3 Å². The van der Waals surface area contributed by atoms with Crippen LogP contribution in [0.2, 0.25) is 0 Å². The molecule has 1 saturated carbocycles. The zero-order valence-electron chi connectivity index (χ0n) is 17.1. The van der Waals surface area contributed by atoms with Crippen LogP contribution in [0, 0.1) is 11.3 Å². The molecule has 1 fully saturated rings. The van der Waals surface area contributed by atoms with E-state index in [1.54, 1.807) is 0 Å². The molecule has 2 rings (SSSR count). The fourth-order valence-electron chi connectivity index (χ4n) is 3.69. The normalized spacial score (nSPS) is 32.3. The molecule has 4 N–H and O–H groups in total. The van der Waals surface area contributed by atoms with Gasteiger partial charge in [-0.3, -0.25) is 9.09 Å². The van der Waals surface area contributed by atoms with Crippen LogP contribution < -0.4 is 0 Å². The molecule has 0 saturated heterocycles. The van der Waals surface area contributed by atoms with Gasteiger partial charge in [0.1, 0.15) is 0 Å². The number of rotatable bonds is 8. The minimum atomic E-state index is -5.34. The highest BCUT2D eigenvalue weighted by Crippen LogP contribution is 2.66. The third-order valence-corrected chi connectivity index (χ3v) is 9.23. The standard InChI is InChI=1S/C16H28NO10P3/c1-11-6-7-17(12(2)8-11)14-9-13(15(18)16(14,3)4)10-25-29(21,22)27-30(23,24)26-28(5,19)20/h6-8,13-15,18H,2,9-10H2,1,3-5H3,(H,19,20)(H,21,22)(H,23,24). The van der Waals surface area contributed by atoms with Crippen molar-refractivity contribution in [3.63, 3.8) is 0 Å². The number of hydrogen-bond acceptors (Lipinski definition) is 8. The van der Waals surface area contributed by atoms with Gasteiger partial charge < -0.3 is 24.7 Å². The molecular weight excluding hydrogens is 459 g/mol. The molecule has 11 nitrogen and oxygen atoms in total. The Morgan fingerprint density at radius 1 is 1.20 bits per heavy atom. The van der Waals surface area contributed by atoms with Crippen LogP contribution >= 0.6 is 23.2 Å². The van der Waals surface area contributed by atoms with Gasteiger partial charge in [0.15, 0.2) is 0 Å². The van der Waals surface area contributed by atoms with E-state index in [0.29, 0.717) is 13.1 Å². The smallest absolute Gasteiger partial charge is 0.392 e. The summed E-state index contributed by atoms with van der Waals surface area (Å²) in [4.78, 5) is 30.0. The van der Waals surface area contributed by atoms with Crippen molar-refractivity contribution in [1.82, 2.24) is 4.90 Å². The third-order valence-electron chi connectivity index (χ3n) is 5.07. The van der Waals surface area contributed by atoms with Crippen molar-refractivity contribution in [2.24, 2.45) is 11.3 Å². The van der Waals surface area contributed by atoms with Crippen LogP contribution in [0.1, 0.15) is 27.2 Å². The highest BCUT2D eigenvalue weighted by molar-refractivity contribution is 7.68. The topological polar surface area (TPSA) is 163 Å². The SMILES string of the molecule is C=C1C=C(C)C=CN1C1CC(COP(=O)(O)OP(=O)(O)OP(C)(=O)O)C(O)C1(C)C. The molecule has 6 atom stereocenters. The lowest BCUT2D eigenvalue weighted by Gasteiger charge is -2.39. The van der Waals surface area contributed by atoms with Crippen LogP contribution in [0.15, 0.2) is 36.2 Å². The van der Waals surface area contributed by atoms with Crippen molar-refractivity contribution in [3.8, 4) is 0 Å². The van der Waals surface area contributed by atoms with Gasteiger partial charge in [0.2, 0.25) is 0 Å². The van der Waals surface area contributed by atoms with Gasteiger partial charge in [-0.25, -0.2) is 13.4 Å². The second-order valence-corrected chi connectivity index (χ2v) is 13.1. The van der Waals surface area contributed by atoms with Crippen LogP contribution in [-0.4, -0.2) is 50.1 Å². The van der Waals surface area contributed by atoms with Crippen LogP contribution in [0.4, 0.5) is 0 Å². The first-order valence-corrected chi connectivity index (χ1v) is 14.0. The van der Waals surface area contributed by atoms with E-state index in [0.717, 1.165) is 11.3 Å². The largest absolute Gasteiger partial charge is 0.488 e. The van der Waals surface area contributed by atoms with Gasteiger partial charge in [-0.05, 0) is 31.1 Å². The molecule has 0 radical (unpaired) electrons. The maximum atomic E-state index is 12.0. The van der Waals surface area contributed by atoms with E-state index in [9.17, 15) is 28.6 Å². The lowest BCUT2D eigenvalue weighted by Crippen LogP contribution is -2.43. The summed E-state index contributed by atoms with van der Waals surface area (Å²) in [5.74, 6) is -0.601. The Hall–Kier alpha value is -0.570. The van der Waals surface area contributed by atoms with Gasteiger partial charge in [0.25, 0.3) is 0 Å². The number of aliphatic hydroxyl groups excluding tert-OH is 1. The first kappa shape index (κ1) is 25.7. The second-order valence-electron chi connectivity index (χ2n) is 8.08. The van der Waals surface area contributed by atoms with E-state index in [1.165, 1.54) is 0 Å². The van der Waals surface area contributed by atoms with Gasteiger partial charge in [-0.15, -0.1) is 0 Å². The average molecular weight is 487 g/mol. The summed E-state index contributed by atoms with van der Waals surface area (Å²) >= 11 is 0. The van der Waals surface area contributed by atoms with Crippen molar-refractivity contribution in [2.75, 3.05) is 13.3 Å². The molecule has 6 unspecified atom stereocenters. The summed E-state index contributed by atoms with van der Waals surface area (Å²) in [6.45, 7) is 9.80. The molecule has 1 aliphatic carbocycles. The molecule has 30 heavy (non-hydrogen) atoms. The highest BCUT2D eigenvalue weighted by Gasteiger charge is 2.51. The maximum Gasteiger partial charge on any atom is 0.488 e. The number of aliphatic hydroxyl groups is 1. The number of hydrogen-bond donors (Lipinski definition) is 4. The predicted octanol–water partition coefficient (Wildman–Crippen LogP) is 3.12. The first-order valence-electron chi connectivity index (χ1n) is 8.98. The molecule has 14 heteroatoms. The minimum Gasteiger partial charge on any atom is -0.392 e. The summed E-state index contributed by atoms with van der Waals surface area (Å²) in [5.41, 5.74) is 1.13. The zero-order valence-corrected chi connectivity index (χ0v) is 19.8. The molecule has 1 aliphatic heterocycles. The molecule has 0 aromatic rings. The molecule has 172 valence electrons. The summed E-state index contributed by atoms with van der Waals surface area (Å²) < 4.78 is 47.5. The minimum absolute atomic E-state index is 0.194. The van der Waals surface area contributed by atoms with E-state index in [2.05, 4.69) is 15.2 Å². The fourth-order valence-corrected chi connectivity index (χ4v) is 7.22. The molecule has 0 amide bonds. The average Bonchev–Trinajstić information content (AvgIpc) is 2.73. The Morgan fingerprint density at radius 2 is 1.80 bits per heavy atom. The van der Waals surface area contributed by atoms with Crippen LogP contribution in [0.5, 0.6) is 0 Å². The third kappa shape index (κ3) is 6.47. The Bertz CT molecular complexity index is 892. The number of phosphoric acid groups is 2. The summed E-state index contributed by atoms with van der Waals surface area (Å²) in [6.07, 6.45) is 5.11. The number of phosphoric ester groups is 1. The first-order chi connectivity index (χ1) is 13.4. The Labute approximate surface area is 175 Å². The van der Waals surface area contributed by atoms with Crippen LogP contribution in [0.3, 0.4) is 0 Å². The van der Waals surface area contributed by atoms with Crippen molar-refractivity contribution in [3.05, 3.63) is 36.2 Å². The molecule has 0 aromatic heterocycles. The van der Waals surface area contributed by atoms with Gasteiger partial charge in [0.05, 0.1) is 12.7 Å². The molecule has 0 bridgehead atoms. The lowest BCUT2D eigenvalue weighted by atomic mass is 9.83. The van der Waals surface area contributed by atoms with Gasteiger partial charge >= 0.3 is 23.2 Å². The molecular formula is C16H28NO10P3. The molecule has 0 aromatic carbocycles. The Kier molecular flexibility index (Phi) is 7.50. The number of allylic oxidation sites excluding steroid dienone is 3. The van der Waals surface area contributed by atoms with Gasteiger partial charge in [-0.1, -0.05) is 20.4 Å². The summed E-state index contributed by atoms with van der Waals surface area (Å²) in [6, 6.07) is -0.194. The van der Waals surface area contributed by atoms with Crippen LogP contribution in [-0.2, 0) is 26.8 Å². The Balaban J connectivity index is 2.06. The van der Waals surface area contributed by atoms with E-state index in [1.807, 2.05) is 44.0 Å². The highest BCUT2D eigenvalue weighted by atomic mass is 31.3. The zero-order chi connectivity index (χ0) is 23.1. The maximum absolute atomic E-state index is 12.0. The van der Waals surface area contributed by atoms with Crippen molar-refractivity contribution in [1.29, 1.82) is 0 Å². The number of nitrogens with zero attached hydrogens (tertiary/aromatic N) is 1. The second kappa shape index (κ2) is 8.75. The molecule has 2 aliphatic rings. The summed E-state index contributed by atoms with van der Waals surface area (Å²) in [5, 5.41) is 10.8. The van der Waals surface area contributed by atoms with E-state index in [-0.39, 0.29) is 6.04 Å². The monoisotopic (exact) mass is 487 g/mol. The van der Waals surface area contributed by atoms with E-state index < -0.39 is 47.3 Å². The molecule has 0 spiro atoms. The Morgan fingerprint density at radius 3 is 2.33 bits per heavy atom. The van der Waals surface area contributed by atoms with E-state index in [4.69, 9.17) is 9.42 Å². The quantitative estimate of drug-likeness (QED) is 0.372. The molecule has 1 heterocycles. The van der Waals surface area contributed by atoms with Crippen molar-refractivity contribution < 1.29 is 46.6 Å². The van der Waals surface area contributed by atoms with Crippen LogP contribution in [0.25, 0.3) is 0 Å². The van der Waals surface area contributed by atoms with Crippen molar-refractivity contribution >= 4 is 23.2 Å². The lowest BCUT2D eigenvalue weighted by molar-refractivity contribution is 0.0113. The van der Waals surface area contributed by atoms with E-state index >= 15 is 0 Å². The van der Waals surface area contributed by atoms with Gasteiger partial charge in [-0.2, -0.15) is 4.31 Å².